The quantitative estimate of drug-likeness (QED) is 0.140. The molecule has 0 aromatic carbocycles. The fourth-order valence-corrected chi connectivity index (χ4v) is 2.13. The number of carboxylic acids is 3. The van der Waals surface area contributed by atoms with Gasteiger partial charge in [-0.05, 0) is 0 Å². The van der Waals surface area contributed by atoms with Gasteiger partial charge in [-0.3, -0.25) is 0 Å². The number of carboxylic acid groups (broad SMARTS) is 3. The monoisotopic (exact) mass is 531 g/mol. The topological polar surface area (TPSA) is 284 Å². The van der Waals surface area contributed by atoms with Crippen molar-refractivity contribution in [2.45, 2.75) is 37.4 Å². The number of hydrogen-bond donors (Lipinski definition) is 6. The minimum Gasteiger partial charge on any atom is -0.548 e. The molecule has 0 aliphatic carbocycles. The molecule has 0 saturated heterocycles. The first kappa shape index (κ1) is 30.6. The summed E-state index contributed by atoms with van der Waals surface area (Å²) >= 11 is 0. The second kappa shape index (κ2) is 16.2. The van der Waals surface area contributed by atoms with Crippen molar-refractivity contribution in [3.05, 3.63) is 54.7 Å². The molecule has 0 radical (unpaired) electrons. The molecule has 0 amide bonds. The van der Waals surface area contributed by atoms with Crippen molar-refractivity contribution in [3.63, 3.8) is 0 Å². The van der Waals surface area contributed by atoms with Gasteiger partial charge in [0.2, 0.25) is 0 Å². The number of H-pyrrole nitrogens is 3. The number of carbonyl (C=O) groups excluding carboxylic acids is 3. The van der Waals surface area contributed by atoms with Crippen molar-refractivity contribution in [3.8, 4) is 0 Å². The van der Waals surface area contributed by atoms with Crippen molar-refractivity contribution in [1.82, 2.24) is 29.9 Å². The second-order valence-corrected chi connectivity index (χ2v) is 6.57. The minimum absolute atomic E-state index is 0. The van der Waals surface area contributed by atoms with Gasteiger partial charge in [-0.15, -0.1) is 0 Å². The Morgan fingerprint density at radius 3 is 1.03 bits per heavy atom. The van der Waals surface area contributed by atoms with Crippen LogP contribution in [0.4, 0.5) is 0 Å². The number of imidazole rings is 3. The van der Waals surface area contributed by atoms with Gasteiger partial charge in [0.15, 0.2) is 0 Å². The van der Waals surface area contributed by atoms with E-state index in [0.29, 0.717) is 17.1 Å². The molecule has 0 fully saturated rings. The van der Waals surface area contributed by atoms with Crippen LogP contribution in [0.3, 0.4) is 0 Å². The van der Waals surface area contributed by atoms with Gasteiger partial charge in [-0.1, -0.05) is 0 Å². The first-order chi connectivity index (χ1) is 15.6. The fraction of sp³-hybridized carbons (Fsp3) is 0.333. The molecule has 0 unspecified atom stereocenters. The van der Waals surface area contributed by atoms with Gasteiger partial charge >= 0.3 is 19.8 Å². The molecule has 180 valence electrons. The summed E-state index contributed by atoms with van der Waals surface area (Å²) in [6.45, 7) is 0. The van der Waals surface area contributed by atoms with Gasteiger partial charge in [0.25, 0.3) is 0 Å². The number of rotatable bonds is 9. The summed E-state index contributed by atoms with van der Waals surface area (Å²) in [5, 5.41) is 30.5. The molecular formula is C18H24GaN9O6. The Labute approximate surface area is 206 Å². The third-order valence-corrected chi connectivity index (χ3v) is 3.86. The Bertz CT molecular complexity index is 827. The number of nitrogens with two attached hydrogens (primary N) is 3. The van der Waals surface area contributed by atoms with Crippen LogP contribution in [-0.2, 0) is 33.6 Å². The number of aliphatic carboxylic acids is 3. The van der Waals surface area contributed by atoms with E-state index >= 15 is 0 Å². The largest absolute Gasteiger partial charge is 3.00 e. The van der Waals surface area contributed by atoms with E-state index in [4.69, 9.17) is 17.2 Å². The summed E-state index contributed by atoms with van der Waals surface area (Å²) in [6, 6.07) is -2.92. The van der Waals surface area contributed by atoms with Crippen molar-refractivity contribution in [1.29, 1.82) is 0 Å². The molecule has 9 N–H and O–H groups in total. The molecule has 0 aliphatic rings. The maximum Gasteiger partial charge on any atom is 3.00 e. The average molecular weight is 532 g/mol. The zero-order chi connectivity index (χ0) is 24.8. The van der Waals surface area contributed by atoms with Crippen LogP contribution >= 0.6 is 0 Å². The Hall–Kier alpha value is -3.44. The Kier molecular flexibility index (Phi) is 14.6. The van der Waals surface area contributed by atoms with Crippen LogP contribution in [0.25, 0.3) is 0 Å². The van der Waals surface area contributed by atoms with E-state index in [1.165, 1.54) is 19.0 Å². The van der Waals surface area contributed by atoms with Crippen LogP contribution in [0.1, 0.15) is 17.1 Å². The number of hydrogen-bond acceptors (Lipinski definition) is 12. The van der Waals surface area contributed by atoms with E-state index in [9.17, 15) is 29.7 Å². The maximum atomic E-state index is 10.2. The minimum atomic E-state index is -1.26. The molecule has 3 heterocycles. The first-order valence-electron chi connectivity index (χ1n) is 9.42. The zero-order valence-corrected chi connectivity index (χ0v) is 20.3. The normalized spacial score (nSPS) is 12.4. The molecule has 3 rings (SSSR count). The van der Waals surface area contributed by atoms with E-state index in [1.54, 1.807) is 18.6 Å². The maximum absolute atomic E-state index is 10.2. The molecule has 3 aromatic heterocycles. The van der Waals surface area contributed by atoms with Gasteiger partial charge in [0.1, 0.15) is 0 Å². The number of carbonyl (C=O) groups is 3. The molecule has 0 spiro atoms. The van der Waals surface area contributed by atoms with Gasteiger partial charge in [0, 0.05) is 56.0 Å². The fourth-order valence-electron chi connectivity index (χ4n) is 2.13. The van der Waals surface area contributed by atoms with Gasteiger partial charge in [-0.25, -0.2) is 15.0 Å². The number of nitrogens with one attached hydrogen (secondary N) is 3. The van der Waals surface area contributed by atoms with Gasteiger partial charge in [0.05, 0.1) is 54.0 Å². The average Bonchev–Trinajstić information content (AvgIpc) is 3.53. The Balaban J connectivity index is 0.000000473. The summed E-state index contributed by atoms with van der Waals surface area (Å²) in [5.41, 5.74) is 17.5. The SMILES string of the molecule is N[C@@H](Cc1c[nH]cn1)C(=O)[O-].N[C@@H](Cc1c[nH]cn1)C(=O)[O-].N[C@@H](Cc1c[nH]cn1)C(=O)[O-].[Ga+3]. The smallest absolute Gasteiger partial charge is 0.548 e. The molecule has 0 bridgehead atoms. The van der Waals surface area contributed by atoms with Crippen LogP contribution in [0.15, 0.2) is 37.6 Å². The molecule has 0 saturated carbocycles. The molecule has 3 atom stereocenters. The Morgan fingerprint density at radius 1 is 0.647 bits per heavy atom. The standard InChI is InChI=1S/3C6H9N3O2.Ga/c3*7-5(6(10)11)1-4-2-8-3-9-4;/h3*2-3,5H,1,7H2,(H,8,9)(H,10,11);/q;;;+3/p-3/t3*5-;/m000./s1. The summed E-state index contributed by atoms with van der Waals surface area (Å²) < 4.78 is 0. The summed E-state index contributed by atoms with van der Waals surface area (Å²) in [6.07, 6.45) is 9.81. The van der Waals surface area contributed by atoms with E-state index < -0.39 is 36.0 Å². The number of aromatic nitrogens is 6. The molecule has 16 heteroatoms. The Morgan fingerprint density at radius 2 is 0.882 bits per heavy atom. The number of aromatic amines is 3. The third-order valence-electron chi connectivity index (χ3n) is 3.86. The van der Waals surface area contributed by atoms with E-state index in [0.717, 1.165) is 0 Å². The predicted molar refractivity (Wildman–Crippen MR) is 112 cm³/mol. The summed E-state index contributed by atoms with van der Waals surface area (Å²) in [5.74, 6) is -3.77. The van der Waals surface area contributed by atoms with Gasteiger partial charge in [-0.2, -0.15) is 0 Å². The van der Waals surface area contributed by atoms with E-state index in [1.807, 2.05) is 0 Å². The van der Waals surface area contributed by atoms with Crippen LogP contribution in [0.5, 0.6) is 0 Å². The van der Waals surface area contributed by atoms with Crippen molar-refractivity contribution in [2.75, 3.05) is 0 Å². The van der Waals surface area contributed by atoms with Crippen LogP contribution in [0.2, 0.25) is 0 Å². The molecular weight excluding hydrogens is 508 g/mol. The van der Waals surface area contributed by atoms with Crippen molar-refractivity contribution < 1.29 is 29.7 Å². The molecule has 15 nitrogen and oxygen atoms in total. The van der Waals surface area contributed by atoms with Crippen LogP contribution < -0.4 is 32.5 Å². The van der Waals surface area contributed by atoms with Gasteiger partial charge < -0.3 is 61.9 Å². The summed E-state index contributed by atoms with van der Waals surface area (Å²) in [7, 11) is 0. The zero-order valence-electron chi connectivity index (χ0n) is 17.9. The summed E-state index contributed by atoms with van der Waals surface area (Å²) in [4.78, 5) is 50.0. The van der Waals surface area contributed by atoms with E-state index in [2.05, 4.69) is 29.9 Å². The predicted octanol–water partition coefficient (Wildman–Crippen LogP) is -6.29. The van der Waals surface area contributed by atoms with Crippen molar-refractivity contribution in [2.24, 2.45) is 17.2 Å². The molecule has 34 heavy (non-hydrogen) atoms. The molecule has 0 aliphatic heterocycles. The van der Waals surface area contributed by atoms with Crippen molar-refractivity contribution >= 4 is 37.7 Å². The molecule has 3 aromatic rings. The second-order valence-electron chi connectivity index (χ2n) is 6.57. The van der Waals surface area contributed by atoms with Crippen LogP contribution in [0, 0.1) is 0 Å². The van der Waals surface area contributed by atoms with Crippen LogP contribution in [-0.4, -0.2) is 85.7 Å². The van der Waals surface area contributed by atoms with E-state index in [-0.39, 0.29) is 39.1 Å². The number of nitrogens with zero attached hydrogens (tertiary/aromatic N) is 3. The third kappa shape index (κ3) is 12.6. The first-order valence-corrected chi connectivity index (χ1v) is 9.42.